The predicted octanol–water partition coefficient (Wildman–Crippen LogP) is 7.35. The van der Waals surface area contributed by atoms with Crippen LogP contribution in [0.25, 0.3) is 10.9 Å². The summed E-state index contributed by atoms with van der Waals surface area (Å²) in [4.78, 5) is 35.0. The highest BCUT2D eigenvalue weighted by Gasteiger charge is 2.43. The normalized spacial score (nSPS) is 21.4. The van der Waals surface area contributed by atoms with Crippen molar-refractivity contribution < 1.29 is 28.2 Å². The first-order valence-corrected chi connectivity index (χ1v) is 16.1. The Bertz CT molecular complexity index is 1530. The lowest BCUT2D eigenvalue weighted by Gasteiger charge is -2.42. The van der Waals surface area contributed by atoms with Gasteiger partial charge < -0.3 is 19.1 Å². The van der Waals surface area contributed by atoms with Gasteiger partial charge in [0.05, 0.1) is 24.0 Å². The van der Waals surface area contributed by atoms with Gasteiger partial charge in [-0.25, -0.2) is 23.5 Å². The number of benzene rings is 1. The van der Waals surface area contributed by atoms with Crippen LogP contribution in [-0.2, 0) is 15.9 Å². The molecule has 0 radical (unpaired) electrons. The van der Waals surface area contributed by atoms with Crippen molar-refractivity contribution in [2.24, 2.45) is 0 Å². The fraction of sp³-hybridized carbons (Fsp3) is 0.606. The molecule has 5 rings (SSSR count). The highest BCUT2D eigenvalue weighted by atomic mass is 32.1. The molecule has 2 aromatic heterocycles. The molecular formula is C33H45FN4O5S. The number of hydrogen-bond acceptors (Lipinski definition) is 8. The van der Waals surface area contributed by atoms with Gasteiger partial charge in [0.2, 0.25) is 0 Å². The molecule has 44 heavy (non-hydrogen) atoms. The van der Waals surface area contributed by atoms with Gasteiger partial charge in [-0.1, -0.05) is 29.5 Å². The Labute approximate surface area is 263 Å². The summed E-state index contributed by atoms with van der Waals surface area (Å²) in [7, 11) is 0. The van der Waals surface area contributed by atoms with E-state index in [9.17, 15) is 9.59 Å². The number of fused-ring (bicyclic) bond motifs is 3. The molecule has 0 N–H and O–H groups in total. The van der Waals surface area contributed by atoms with Crippen LogP contribution in [0.3, 0.4) is 0 Å². The van der Waals surface area contributed by atoms with Crippen LogP contribution in [0, 0.1) is 0 Å². The van der Waals surface area contributed by atoms with Crippen molar-refractivity contribution in [2.75, 3.05) is 19.6 Å². The lowest BCUT2D eigenvalue weighted by molar-refractivity contribution is 0.0275. The summed E-state index contributed by atoms with van der Waals surface area (Å²) in [6.07, 6.45) is 1.98. The van der Waals surface area contributed by atoms with Gasteiger partial charge in [-0.3, -0.25) is 4.90 Å². The standard InChI is InChI=1S/C33H45FN4O5S/c1-20-16-23-22-12-10-11-13-24(22)38(30(40)43-32(5,6)7)26(23)27(37(20)19-33(8,9)34)28-35-17-25(44-28)41-21-14-15-36(18-21)29(39)42-31(2,3)4/h10-13,17,20-21,27H,14-16,18-19H2,1-9H3/t20-,21+,27+/m1/s1. The number of alkyl halides is 1. The van der Waals surface area contributed by atoms with Gasteiger partial charge in [0.25, 0.3) is 0 Å². The fourth-order valence-electron chi connectivity index (χ4n) is 6.03. The minimum absolute atomic E-state index is 0.0223. The van der Waals surface area contributed by atoms with E-state index >= 15 is 4.39 Å². The molecule has 3 atom stereocenters. The number of rotatable bonds is 5. The van der Waals surface area contributed by atoms with E-state index < -0.39 is 29.0 Å². The van der Waals surface area contributed by atoms with Gasteiger partial charge in [-0.15, -0.1) is 0 Å². The third-order valence-corrected chi connectivity index (χ3v) is 8.57. The van der Waals surface area contributed by atoms with Crippen LogP contribution in [0.15, 0.2) is 30.5 Å². The largest absolute Gasteiger partial charge is 0.477 e. The van der Waals surface area contributed by atoms with Crippen LogP contribution in [-0.4, -0.2) is 80.2 Å². The maximum atomic E-state index is 15.4. The first-order valence-electron chi connectivity index (χ1n) is 15.3. The third-order valence-electron chi connectivity index (χ3n) is 7.63. The highest BCUT2D eigenvalue weighted by molar-refractivity contribution is 7.13. The third kappa shape index (κ3) is 7.04. The molecule has 1 fully saturated rings. The average Bonchev–Trinajstić information content (AvgIpc) is 3.60. The molecule has 0 saturated carbocycles. The van der Waals surface area contributed by atoms with Crippen molar-refractivity contribution >= 4 is 34.4 Å². The molecule has 1 amide bonds. The molecule has 240 valence electrons. The fourth-order valence-corrected chi connectivity index (χ4v) is 6.99. The summed E-state index contributed by atoms with van der Waals surface area (Å²) in [5.74, 6) is 0. The van der Waals surface area contributed by atoms with Gasteiger partial charge in [0, 0.05) is 30.9 Å². The number of hydrogen-bond donors (Lipinski definition) is 0. The Morgan fingerprint density at radius 3 is 2.34 bits per heavy atom. The highest BCUT2D eigenvalue weighted by Crippen LogP contribution is 2.45. The second-order valence-corrected chi connectivity index (χ2v) is 15.5. The van der Waals surface area contributed by atoms with Crippen LogP contribution in [0.4, 0.5) is 14.0 Å². The van der Waals surface area contributed by atoms with Crippen LogP contribution < -0.4 is 4.74 Å². The molecule has 0 bridgehead atoms. The molecule has 0 unspecified atom stereocenters. The first-order chi connectivity index (χ1) is 20.4. The van der Waals surface area contributed by atoms with E-state index in [2.05, 4.69) is 11.8 Å². The van der Waals surface area contributed by atoms with Gasteiger partial charge in [-0.2, -0.15) is 0 Å². The number of carbonyl (C=O) groups excluding carboxylic acids is 2. The molecule has 4 heterocycles. The minimum atomic E-state index is -1.49. The second kappa shape index (κ2) is 11.6. The van der Waals surface area contributed by atoms with Crippen molar-refractivity contribution in [3.05, 3.63) is 46.7 Å². The molecule has 11 heteroatoms. The molecule has 0 spiro atoms. The summed E-state index contributed by atoms with van der Waals surface area (Å²) in [5, 5.41) is 2.28. The number of thiazole rings is 1. The number of ether oxygens (including phenoxy) is 3. The molecule has 9 nitrogen and oxygen atoms in total. The van der Waals surface area contributed by atoms with E-state index in [-0.39, 0.29) is 24.8 Å². The monoisotopic (exact) mass is 628 g/mol. The quantitative estimate of drug-likeness (QED) is 0.292. The smallest absolute Gasteiger partial charge is 0.419 e. The Morgan fingerprint density at radius 1 is 1.02 bits per heavy atom. The Hall–Kier alpha value is -3.18. The van der Waals surface area contributed by atoms with E-state index in [1.165, 1.54) is 11.3 Å². The van der Waals surface area contributed by atoms with Crippen molar-refractivity contribution in [1.82, 2.24) is 19.4 Å². The summed E-state index contributed by atoms with van der Waals surface area (Å²) in [6, 6.07) is 7.30. The first kappa shape index (κ1) is 32.2. The number of para-hydroxylation sites is 1. The number of amides is 1. The minimum Gasteiger partial charge on any atom is -0.477 e. The van der Waals surface area contributed by atoms with Crippen LogP contribution in [0.2, 0.25) is 0 Å². The summed E-state index contributed by atoms with van der Waals surface area (Å²) in [6.45, 7) is 17.4. The number of nitrogens with zero attached hydrogens (tertiary/aromatic N) is 4. The van der Waals surface area contributed by atoms with Crippen molar-refractivity contribution in [1.29, 1.82) is 0 Å². The van der Waals surface area contributed by atoms with Gasteiger partial charge in [0.1, 0.15) is 34.0 Å². The molecule has 0 aliphatic carbocycles. The zero-order valence-corrected chi connectivity index (χ0v) is 28.1. The Morgan fingerprint density at radius 2 is 1.68 bits per heavy atom. The maximum absolute atomic E-state index is 15.4. The van der Waals surface area contributed by atoms with E-state index in [1.807, 2.05) is 65.8 Å². The molecule has 2 aliphatic rings. The van der Waals surface area contributed by atoms with Gasteiger partial charge in [-0.05, 0) is 80.4 Å². The lowest BCUT2D eigenvalue weighted by Crippen LogP contribution is -2.48. The van der Waals surface area contributed by atoms with Crippen molar-refractivity contribution in [3.8, 4) is 5.06 Å². The summed E-state index contributed by atoms with van der Waals surface area (Å²) >= 11 is 1.39. The van der Waals surface area contributed by atoms with Crippen molar-refractivity contribution in [2.45, 2.75) is 110 Å². The molecule has 1 saturated heterocycles. The van der Waals surface area contributed by atoms with Crippen LogP contribution in [0.1, 0.15) is 91.0 Å². The molecule has 1 aromatic carbocycles. The van der Waals surface area contributed by atoms with E-state index in [0.717, 1.165) is 22.2 Å². The number of halogens is 1. The van der Waals surface area contributed by atoms with Crippen molar-refractivity contribution in [3.63, 3.8) is 0 Å². The average molecular weight is 629 g/mol. The lowest BCUT2D eigenvalue weighted by atomic mass is 9.91. The molecule has 3 aromatic rings. The Kier molecular flexibility index (Phi) is 8.52. The van der Waals surface area contributed by atoms with Crippen LogP contribution in [0.5, 0.6) is 5.06 Å². The number of carbonyl (C=O) groups is 2. The van der Waals surface area contributed by atoms with Gasteiger partial charge in [0.15, 0.2) is 5.06 Å². The maximum Gasteiger partial charge on any atom is 0.419 e. The Balaban J connectivity index is 1.52. The summed E-state index contributed by atoms with van der Waals surface area (Å²) in [5.41, 5.74) is -0.214. The van der Waals surface area contributed by atoms with Gasteiger partial charge >= 0.3 is 12.2 Å². The summed E-state index contributed by atoms with van der Waals surface area (Å²) < 4.78 is 34.8. The van der Waals surface area contributed by atoms with E-state index in [4.69, 9.17) is 19.2 Å². The van der Waals surface area contributed by atoms with E-state index in [0.29, 0.717) is 36.0 Å². The topological polar surface area (TPSA) is 86.1 Å². The van der Waals surface area contributed by atoms with Crippen LogP contribution >= 0.6 is 11.3 Å². The molecule has 2 aliphatic heterocycles. The number of likely N-dealkylation sites (tertiary alicyclic amines) is 1. The zero-order chi connectivity index (χ0) is 32.2. The molecular weight excluding hydrogens is 583 g/mol. The SMILES string of the molecule is C[C@@H]1Cc2c(n(C(=O)OC(C)(C)C)c3ccccc23)[C@@H](c2ncc(O[C@H]3CCN(C(=O)OC(C)(C)C)C3)s2)N1CC(C)(C)F. The predicted molar refractivity (Wildman–Crippen MR) is 169 cm³/mol. The zero-order valence-electron chi connectivity index (χ0n) is 27.3. The second-order valence-electron chi connectivity index (χ2n) is 14.5. The van der Waals surface area contributed by atoms with E-state index in [1.54, 1.807) is 29.5 Å². The number of aromatic nitrogens is 2.